The van der Waals surface area contributed by atoms with Crippen LogP contribution in [0.1, 0.15) is 39.5 Å². The minimum Gasteiger partial charge on any atom is -0.349 e. The Balaban J connectivity index is 1.20. The summed E-state index contributed by atoms with van der Waals surface area (Å²) in [6, 6.07) is 18.9. The highest BCUT2D eigenvalue weighted by atomic mass is 16.2. The molecular formula is C24H29N5O. The summed E-state index contributed by atoms with van der Waals surface area (Å²) in [5.41, 5.74) is 4.44. The molecule has 4 rings (SSSR count). The summed E-state index contributed by atoms with van der Waals surface area (Å²) in [6.07, 6.45) is 3.76. The van der Waals surface area contributed by atoms with Crippen molar-refractivity contribution < 1.29 is 4.79 Å². The molecule has 1 amide bonds. The molecule has 2 heterocycles. The fraction of sp³-hybridized carbons (Fsp3) is 0.375. The molecule has 1 aromatic heterocycles. The number of nitrogens with zero attached hydrogens (tertiary/aromatic N) is 4. The molecule has 2 aromatic carbocycles. The molecule has 6 heteroatoms. The van der Waals surface area contributed by atoms with E-state index in [1.165, 1.54) is 23.1 Å². The van der Waals surface area contributed by atoms with Gasteiger partial charge in [0.05, 0.1) is 6.20 Å². The van der Waals surface area contributed by atoms with Crippen molar-refractivity contribution in [1.82, 2.24) is 25.2 Å². The van der Waals surface area contributed by atoms with E-state index in [-0.39, 0.29) is 5.91 Å². The van der Waals surface area contributed by atoms with Crippen LogP contribution in [0.25, 0.3) is 0 Å². The van der Waals surface area contributed by atoms with E-state index in [2.05, 4.69) is 63.9 Å². The SMILES string of the molecule is Cc1ccccc1[C@@H]1CCN(CCNC(=O)c2cn(CCc3ccccc3)nn2)C1. The second kappa shape index (κ2) is 9.67. The number of likely N-dealkylation sites (tertiary alicyclic amines) is 1. The van der Waals surface area contributed by atoms with Crippen molar-refractivity contribution in [2.45, 2.75) is 32.2 Å². The van der Waals surface area contributed by atoms with E-state index in [0.29, 0.717) is 24.7 Å². The zero-order valence-electron chi connectivity index (χ0n) is 17.5. The fourth-order valence-electron chi connectivity index (χ4n) is 4.15. The average Bonchev–Trinajstić information content (AvgIpc) is 3.43. The number of carbonyl (C=O) groups is 1. The molecule has 1 fully saturated rings. The zero-order valence-corrected chi connectivity index (χ0v) is 17.5. The lowest BCUT2D eigenvalue weighted by Gasteiger charge is -2.17. The predicted molar refractivity (Wildman–Crippen MR) is 117 cm³/mol. The minimum absolute atomic E-state index is 0.157. The molecule has 1 N–H and O–H groups in total. The first-order valence-electron chi connectivity index (χ1n) is 10.7. The molecule has 0 bridgehead atoms. The van der Waals surface area contributed by atoms with Crippen LogP contribution in [0.3, 0.4) is 0 Å². The van der Waals surface area contributed by atoms with Crippen LogP contribution >= 0.6 is 0 Å². The van der Waals surface area contributed by atoms with Gasteiger partial charge in [-0.1, -0.05) is 59.8 Å². The normalized spacial score (nSPS) is 16.6. The Morgan fingerprint density at radius 1 is 1.10 bits per heavy atom. The number of carbonyl (C=O) groups excluding carboxylic acids is 1. The number of aromatic nitrogens is 3. The first kappa shape index (κ1) is 20.3. The zero-order chi connectivity index (χ0) is 20.8. The van der Waals surface area contributed by atoms with Crippen LogP contribution in [0.5, 0.6) is 0 Å². The van der Waals surface area contributed by atoms with E-state index in [4.69, 9.17) is 0 Å². The average molecular weight is 404 g/mol. The highest BCUT2D eigenvalue weighted by Crippen LogP contribution is 2.28. The Labute approximate surface area is 177 Å². The summed E-state index contributed by atoms with van der Waals surface area (Å²) in [5, 5.41) is 11.1. The lowest BCUT2D eigenvalue weighted by atomic mass is 9.94. The van der Waals surface area contributed by atoms with Gasteiger partial charge in [-0.3, -0.25) is 9.48 Å². The number of aryl methyl sites for hydroxylation is 3. The van der Waals surface area contributed by atoms with Crippen LogP contribution in [0.4, 0.5) is 0 Å². The van der Waals surface area contributed by atoms with Crippen molar-refractivity contribution in [3.8, 4) is 0 Å². The molecule has 1 saturated heterocycles. The summed E-state index contributed by atoms with van der Waals surface area (Å²) in [6.45, 7) is 6.50. The maximum Gasteiger partial charge on any atom is 0.273 e. The van der Waals surface area contributed by atoms with Crippen molar-refractivity contribution in [2.75, 3.05) is 26.2 Å². The van der Waals surface area contributed by atoms with Crippen LogP contribution in [0.15, 0.2) is 60.8 Å². The van der Waals surface area contributed by atoms with Gasteiger partial charge in [-0.15, -0.1) is 5.10 Å². The maximum atomic E-state index is 12.4. The number of hydrogen-bond acceptors (Lipinski definition) is 4. The third kappa shape index (κ3) is 5.13. The molecule has 0 radical (unpaired) electrons. The van der Waals surface area contributed by atoms with E-state index in [9.17, 15) is 4.79 Å². The molecule has 30 heavy (non-hydrogen) atoms. The fourth-order valence-corrected chi connectivity index (χ4v) is 4.15. The van der Waals surface area contributed by atoms with E-state index < -0.39 is 0 Å². The largest absolute Gasteiger partial charge is 0.349 e. The van der Waals surface area contributed by atoms with E-state index in [1.54, 1.807) is 10.9 Å². The number of rotatable bonds is 8. The van der Waals surface area contributed by atoms with Crippen LogP contribution in [0, 0.1) is 6.92 Å². The summed E-state index contributed by atoms with van der Waals surface area (Å²) < 4.78 is 1.73. The number of benzene rings is 2. The highest BCUT2D eigenvalue weighted by Gasteiger charge is 2.24. The van der Waals surface area contributed by atoms with Crippen LogP contribution in [0.2, 0.25) is 0 Å². The molecule has 0 aliphatic carbocycles. The van der Waals surface area contributed by atoms with Gasteiger partial charge in [-0.05, 0) is 48.9 Å². The van der Waals surface area contributed by atoms with Crippen LogP contribution in [-0.2, 0) is 13.0 Å². The van der Waals surface area contributed by atoms with E-state index in [1.807, 2.05) is 18.2 Å². The Morgan fingerprint density at radius 2 is 1.90 bits per heavy atom. The molecule has 1 aliphatic rings. The number of amides is 1. The Bertz CT molecular complexity index is 968. The molecule has 156 valence electrons. The summed E-state index contributed by atoms with van der Waals surface area (Å²) >= 11 is 0. The van der Waals surface area contributed by atoms with Gasteiger partial charge in [0.2, 0.25) is 0 Å². The van der Waals surface area contributed by atoms with Gasteiger partial charge in [0.1, 0.15) is 0 Å². The van der Waals surface area contributed by atoms with Gasteiger partial charge in [0.25, 0.3) is 5.91 Å². The van der Waals surface area contributed by atoms with Gasteiger partial charge < -0.3 is 10.2 Å². The Kier molecular flexibility index (Phi) is 6.54. The van der Waals surface area contributed by atoms with Crippen LogP contribution in [-0.4, -0.2) is 52.0 Å². The van der Waals surface area contributed by atoms with Gasteiger partial charge >= 0.3 is 0 Å². The van der Waals surface area contributed by atoms with Crippen molar-refractivity contribution in [1.29, 1.82) is 0 Å². The maximum absolute atomic E-state index is 12.4. The molecule has 0 unspecified atom stereocenters. The lowest BCUT2D eigenvalue weighted by Crippen LogP contribution is -2.34. The van der Waals surface area contributed by atoms with Crippen molar-refractivity contribution in [3.05, 3.63) is 83.2 Å². The quantitative estimate of drug-likeness (QED) is 0.628. The van der Waals surface area contributed by atoms with Gasteiger partial charge in [0, 0.05) is 26.2 Å². The summed E-state index contributed by atoms with van der Waals surface area (Å²) in [5.74, 6) is 0.432. The monoisotopic (exact) mass is 403 g/mol. The standard InChI is InChI=1S/C24H29N5O/c1-19-7-5-6-10-22(19)21-12-14-28(17-21)16-13-25-24(30)23-18-29(27-26-23)15-11-20-8-3-2-4-9-20/h2-10,18,21H,11-17H2,1H3,(H,25,30)/t21-/m1/s1. The number of hydrogen-bond donors (Lipinski definition) is 1. The van der Waals surface area contributed by atoms with Gasteiger partial charge in [0.15, 0.2) is 5.69 Å². The van der Waals surface area contributed by atoms with Crippen molar-refractivity contribution >= 4 is 5.91 Å². The summed E-state index contributed by atoms with van der Waals surface area (Å²) in [7, 11) is 0. The number of nitrogens with one attached hydrogen (secondary N) is 1. The molecule has 0 spiro atoms. The molecule has 6 nitrogen and oxygen atoms in total. The van der Waals surface area contributed by atoms with Gasteiger partial charge in [-0.25, -0.2) is 0 Å². The second-order valence-electron chi connectivity index (χ2n) is 8.00. The second-order valence-corrected chi connectivity index (χ2v) is 8.00. The summed E-state index contributed by atoms with van der Waals surface area (Å²) in [4.78, 5) is 14.8. The topological polar surface area (TPSA) is 63.1 Å². The van der Waals surface area contributed by atoms with Crippen LogP contribution < -0.4 is 5.32 Å². The molecular weight excluding hydrogens is 374 g/mol. The Hall–Kier alpha value is -2.99. The molecule has 0 saturated carbocycles. The lowest BCUT2D eigenvalue weighted by molar-refractivity contribution is 0.0944. The van der Waals surface area contributed by atoms with Crippen molar-refractivity contribution in [2.24, 2.45) is 0 Å². The van der Waals surface area contributed by atoms with Gasteiger partial charge in [-0.2, -0.15) is 0 Å². The first-order valence-corrected chi connectivity index (χ1v) is 10.7. The third-order valence-electron chi connectivity index (χ3n) is 5.86. The van der Waals surface area contributed by atoms with E-state index >= 15 is 0 Å². The molecule has 1 aliphatic heterocycles. The molecule has 1 atom stereocenters. The smallest absolute Gasteiger partial charge is 0.273 e. The van der Waals surface area contributed by atoms with Crippen molar-refractivity contribution in [3.63, 3.8) is 0 Å². The predicted octanol–water partition coefficient (Wildman–Crippen LogP) is 3.05. The molecule has 3 aromatic rings. The highest BCUT2D eigenvalue weighted by molar-refractivity contribution is 5.91. The minimum atomic E-state index is -0.157. The first-order chi connectivity index (χ1) is 14.7. The van der Waals surface area contributed by atoms with E-state index in [0.717, 1.165) is 26.1 Å². The third-order valence-corrected chi connectivity index (χ3v) is 5.86. The Morgan fingerprint density at radius 3 is 2.73 bits per heavy atom.